The molecule has 17 heavy (non-hydrogen) atoms. The normalized spacial score (nSPS) is 12.9. The molecule has 0 aliphatic rings. The van der Waals surface area contributed by atoms with E-state index >= 15 is 0 Å². The van der Waals surface area contributed by atoms with Crippen LogP contribution in [0.25, 0.3) is 0 Å². The zero-order valence-electron chi connectivity index (χ0n) is 11.1. The summed E-state index contributed by atoms with van der Waals surface area (Å²) >= 11 is 0. The van der Waals surface area contributed by atoms with E-state index in [1.54, 1.807) is 14.2 Å². The Morgan fingerprint density at radius 2 is 2.00 bits per heavy atom. The number of methoxy groups -OCH3 is 2. The molecule has 5 nitrogen and oxygen atoms in total. The first-order valence-corrected chi connectivity index (χ1v) is 5.81. The number of amides is 1. The van der Waals surface area contributed by atoms with E-state index in [4.69, 9.17) is 14.7 Å². The number of rotatable bonds is 8. The number of carbonyl (C=O) groups is 1. The molecule has 1 amide bonds. The second kappa shape index (κ2) is 8.04. The molecule has 0 rings (SSSR count). The van der Waals surface area contributed by atoms with Crippen molar-refractivity contribution >= 4 is 5.91 Å². The second-order valence-corrected chi connectivity index (χ2v) is 3.92. The number of hydrogen-bond donors (Lipinski definition) is 1. The Labute approximate surface area is 103 Å². The zero-order chi connectivity index (χ0) is 13.3. The molecule has 1 unspecified atom stereocenters. The third kappa shape index (κ3) is 4.33. The van der Waals surface area contributed by atoms with Crippen molar-refractivity contribution in [1.82, 2.24) is 5.32 Å². The van der Waals surface area contributed by atoms with Gasteiger partial charge in [0.2, 0.25) is 5.91 Å². The van der Waals surface area contributed by atoms with Crippen LogP contribution in [0.5, 0.6) is 0 Å². The van der Waals surface area contributed by atoms with Gasteiger partial charge in [0.05, 0.1) is 18.8 Å². The van der Waals surface area contributed by atoms with Crippen molar-refractivity contribution < 1.29 is 14.3 Å². The highest BCUT2D eigenvalue weighted by atomic mass is 16.5. The molecule has 0 fully saturated rings. The maximum Gasteiger partial charge on any atom is 0.240 e. The van der Waals surface area contributed by atoms with Crippen LogP contribution >= 0.6 is 0 Å². The maximum absolute atomic E-state index is 12.0. The number of nitriles is 1. The largest absolute Gasteiger partial charge is 0.382 e. The molecule has 0 aromatic carbocycles. The fourth-order valence-electron chi connectivity index (χ4n) is 1.55. The number of nitrogens with one attached hydrogen (secondary N) is 1. The molecule has 0 heterocycles. The predicted molar refractivity (Wildman–Crippen MR) is 64.3 cm³/mol. The van der Waals surface area contributed by atoms with Crippen molar-refractivity contribution in [3.63, 3.8) is 0 Å². The summed E-state index contributed by atoms with van der Waals surface area (Å²) in [4.78, 5) is 12.0. The predicted octanol–water partition coefficient (Wildman–Crippen LogP) is 1.09. The molecule has 1 atom stereocenters. The van der Waals surface area contributed by atoms with Crippen LogP contribution < -0.4 is 5.32 Å². The van der Waals surface area contributed by atoms with E-state index in [9.17, 15) is 4.79 Å². The molecule has 5 heteroatoms. The highest BCUT2D eigenvalue weighted by molar-refractivity contribution is 5.85. The van der Waals surface area contributed by atoms with Crippen LogP contribution in [0.3, 0.4) is 0 Å². The standard InChI is InChI=1S/C12H22N2O3/c1-5-12(6-2,9-13)11(15)14-7-10(17-4)8-16-3/h10H,5-8H2,1-4H3,(H,14,15). The van der Waals surface area contributed by atoms with E-state index in [1.165, 1.54) is 0 Å². The summed E-state index contributed by atoms with van der Waals surface area (Å²) < 4.78 is 10.1. The van der Waals surface area contributed by atoms with Gasteiger partial charge in [-0.1, -0.05) is 13.8 Å². The Morgan fingerprint density at radius 3 is 2.35 bits per heavy atom. The topological polar surface area (TPSA) is 71.4 Å². The van der Waals surface area contributed by atoms with Crippen molar-refractivity contribution in [1.29, 1.82) is 5.26 Å². The first-order chi connectivity index (χ1) is 8.10. The summed E-state index contributed by atoms with van der Waals surface area (Å²) in [5.41, 5.74) is -0.925. The summed E-state index contributed by atoms with van der Waals surface area (Å²) in [6.07, 6.45) is 0.829. The van der Waals surface area contributed by atoms with E-state index in [2.05, 4.69) is 11.4 Å². The lowest BCUT2D eigenvalue weighted by Crippen LogP contribution is -2.43. The Kier molecular flexibility index (Phi) is 7.51. The van der Waals surface area contributed by atoms with Gasteiger partial charge in [0.25, 0.3) is 0 Å². The number of hydrogen-bond acceptors (Lipinski definition) is 4. The Bertz CT molecular complexity index is 269. The molecule has 0 aromatic rings. The lowest BCUT2D eigenvalue weighted by molar-refractivity contribution is -0.129. The van der Waals surface area contributed by atoms with E-state index in [0.29, 0.717) is 26.0 Å². The van der Waals surface area contributed by atoms with Crippen LogP contribution in [-0.4, -0.2) is 39.4 Å². The molecular formula is C12H22N2O3. The first kappa shape index (κ1) is 15.9. The molecule has 0 aromatic heterocycles. The molecule has 1 N–H and O–H groups in total. The van der Waals surface area contributed by atoms with E-state index in [1.807, 2.05) is 13.8 Å². The van der Waals surface area contributed by atoms with E-state index in [-0.39, 0.29) is 12.0 Å². The molecule has 0 radical (unpaired) electrons. The third-order valence-electron chi connectivity index (χ3n) is 3.03. The fraction of sp³-hybridized carbons (Fsp3) is 0.833. The Morgan fingerprint density at radius 1 is 1.41 bits per heavy atom. The number of ether oxygens (including phenoxy) is 2. The smallest absolute Gasteiger partial charge is 0.240 e. The molecule has 98 valence electrons. The lowest BCUT2D eigenvalue weighted by Gasteiger charge is -2.23. The summed E-state index contributed by atoms with van der Waals surface area (Å²) in [6, 6.07) is 2.10. The minimum absolute atomic E-state index is 0.186. The molecule has 0 spiro atoms. The van der Waals surface area contributed by atoms with Crippen LogP contribution in [-0.2, 0) is 14.3 Å². The maximum atomic E-state index is 12.0. The molecule has 0 saturated heterocycles. The van der Waals surface area contributed by atoms with Crippen molar-refractivity contribution in [2.24, 2.45) is 5.41 Å². The third-order valence-corrected chi connectivity index (χ3v) is 3.03. The summed E-state index contributed by atoms with van der Waals surface area (Å²) in [5, 5.41) is 11.9. The van der Waals surface area contributed by atoms with Gasteiger partial charge in [-0.05, 0) is 12.8 Å². The highest BCUT2D eigenvalue weighted by Crippen LogP contribution is 2.25. The second-order valence-electron chi connectivity index (χ2n) is 3.92. The van der Waals surface area contributed by atoms with Gasteiger partial charge in [-0.25, -0.2) is 0 Å². The summed E-state index contributed by atoms with van der Waals surface area (Å²) in [6.45, 7) is 4.45. The molecular weight excluding hydrogens is 220 g/mol. The summed E-state index contributed by atoms with van der Waals surface area (Å²) in [7, 11) is 3.14. The van der Waals surface area contributed by atoms with Crippen molar-refractivity contribution in [2.75, 3.05) is 27.4 Å². The number of carbonyl (C=O) groups excluding carboxylic acids is 1. The molecule has 0 bridgehead atoms. The molecule has 0 aliphatic carbocycles. The van der Waals surface area contributed by atoms with Gasteiger partial charge in [-0.3, -0.25) is 4.79 Å². The van der Waals surface area contributed by atoms with Crippen LogP contribution in [0.1, 0.15) is 26.7 Å². The van der Waals surface area contributed by atoms with Crippen LogP contribution in [0.2, 0.25) is 0 Å². The average molecular weight is 242 g/mol. The quantitative estimate of drug-likeness (QED) is 0.691. The lowest BCUT2D eigenvalue weighted by atomic mass is 9.83. The van der Waals surface area contributed by atoms with Gasteiger partial charge in [-0.15, -0.1) is 0 Å². The van der Waals surface area contributed by atoms with Gasteiger partial charge in [-0.2, -0.15) is 5.26 Å². The minimum atomic E-state index is -0.925. The first-order valence-electron chi connectivity index (χ1n) is 5.81. The fourth-order valence-corrected chi connectivity index (χ4v) is 1.55. The van der Waals surface area contributed by atoms with Crippen LogP contribution in [0.4, 0.5) is 0 Å². The van der Waals surface area contributed by atoms with E-state index in [0.717, 1.165) is 0 Å². The highest BCUT2D eigenvalue weighted by Gasteiger charge is 2.34. The van der Waals surface area contributed by atoms with Crippen molar-refractivity contribution in [3.05, 3.63) is 0 Å². The van der Waals surface area contributed by atoms with Crippen molar-refractivity contribution in [2.45, 2.75) is 32.8 Å². The molecule has 0 saturated carbocycles. The van der Waals surface area contributed by atoms with Gasteiger partial charge < -0.3 is 14.8 Å². The van der Waals surface area contributed by atoms with Gasteiger partial charge in [0.1, 0.15) is 5.41 Å². The van der Waals surface area contributed by atoms with E-state index < -0.39 is 5.41 Å². The van der Waals surface area contributed by atoms with Gasteiger partial charge in [0.15, 0.2) is 0 Å². The van der Waals surface area contributed by atoms with Crippen molar-refractivity contribution in [3.8, 4) is 6.07 Å². The Hall–Kier alpha value is -1.12. The zero-order valence-corrected chi connectivity index (χ0v) is 11.1. The van der Waals surface area contributed by atoms with Crippen LogP contribution in [0, 0.1) is 16.7 Å². The molecule has 0 aliphatic heterocycles. The average Bonchev–Trinajstić information content (AvgIpc) is 2.37. The van der Waals surface area contributed by atoms with Gasteiger partial charge >= 0.3 is 0 Å². The monoisotopic (exact) mass is 242 g/mol. The summed E-state index contributed by atoms with van der Waals surface area (Å²) in [5.74, 6) is -0.233. The van der Waals surface area contributed by atoms with Crippen LogP contribution in [0.15, 0.2) is 0 Å². The SMILES string of the molecule is CCC(C#N)(CC)C(=O)NCC(COC)OC. The van der Waals surface area contributed by atoms with Gasteiger partial charge in [0, 0.05) is 20.8 Å². The minimum Gasteiger partial charge on any atom is -0.382 e. The number of nitrogens with zero attached hydrogens (tertiary/aromatic N) is 1. The Balaban J connectivity index is 4.38.